The maximum Gasteiger partial charge on any atom is 0.265 e. The molecule has 0 saturated heterocycles. The highest BCUT2D eigenvalue weighted by atomic mass is 79.9. The fraction of sp³-hybridized carbons (Fsp3) is 0.0476. The summed E-state index contributed by atoms with van der Waals surface area (Å²) in [5.74, 6) is -0.446. The van der Waals surface area contributed by atoms with Gasteiger partial charge in [-0.1, -0.05) is 52.3 Å². The molecule has 1 aromatic heterocycles. The minimum Gasteiger partial charge on any atom is -0.300 e. The number of sulfonamides is 1. The predicted octanol–water partition coefficient (Wildman–Crippen LogP) is 4.87. The predicted molar refractivity (Wildman–Crippen MR) is 122 cm³/mol. The van der Waals surface area contributed by atoms with E-state index in [1.54, 1.807) is 24.3 Å². The van der Waals surface area contributed by atoms with Gasteiger partial charge in [0.1, 0.15) is 6.54 Å². The van der Waals surface area contributed by atoms with Crippen molar-refractivity contribution in [2.45, 2.75) is 4.90 Å². The van der Waals surface area contributed by atoms with E-state index in [1.165, 1.54) is 11.3 Å². The molecule has 0 radical (unpaired) electrons. The van der Waals surface area contributed by atoms with Crippen LogP contribution < -0.4 is 9.62 Å². The van der Waals surface area contributed by atoms with Gasteiger partial charge in [-0.25, -0.2) is 13.4 Å². The Bertz CT molecular complexity index is 1410. The van der Waals surface area contributed by atoms with Gasteiger partial charge in [0.05, 0.1) is 16.3 Å². The van der Waals surface area contributed by atoms with Gasteiger partial charge in [0.25, 0.3) is 10.0 Å². The molecule has 0 atom stereocenters. The van der Waals surface area contributed by atoms with E-state index in [0.717, 1.165) is 25.4 Å². The number of rotatable bonds is 4. The Labute approximate surface area is 185 Å². The lowest BCUT2D eigenvalue weighted by Gasteiger charge is -2.17. The number of nitrogens with zero attached hydrogens (tertiary/aromatic N) is 2. The largest absolute Gasteiger partial charge is 0.300 e. The molecule has 6 nitrogen and oxygen atoms in total. The molecule has 4 aromatic rings. The topological polar surface area (TPSA) is 79.4 Å². The van der Waals surface area contributed by atoms with Gasteiger partial charge < -0.3 is 5.32 Å². The molecule has 1 aliphatic rings. The Kier molecular flexibility index (Phi) is 4.61. The number of aromatic nitrogens is 1. The molecule has 2 heterocycles. The zero-order valence-electron chi connectivity index (χ0n) is 15.4. The number of thiazole rings is 1. The lowest BCUT2D eigenvalue weighted by Crippen LogP contribution is -2.35. The molecule has 1 amide bonds. The van der Waals surface area contributed by atoms with Crippen LogP contribution in [-0.4, -0.2) is 25.9 Å². The molecular weight excluding hydrogens is 486 g/mol. The third kappa shape index (κ3) is 3.19. The minimum atomic E-state index is -3.78. The summed E-state index contributed by atoms with van der Waals surface area (Å²) in [6.07, 6.45) is 0. The second kappa shape index (κ2) is 7.19. The van der Waals surface area contributed by atoms with Gasteiger partial charge in [-0.15, -0.1) is 11.3 Å². The van der Waals surface area contributed by atoms with E-state index in [1.807, 2.05) is 41.8 Å². The Balaban J connectivity index is 1.39. The molecule has 1 aliphatic heterocycles. The lowest BCUT2D eigenvalue weighted by molar-refractivity contribution is -0.114. The SMILES string of the molecule is O=C(CN1c2cccc3cccc(c23)S1(=O)=O)Nc1nc(-c2cccc(Br)c2)cs1. The summed E-state index contributed by atoms with van der Waals surface area (Å²) >= 11 is 4.73. The second-order valence-electron chi connectivity index (χ2n) is 6.74. The number of hydrogen-bond donors (Lipinski definition) is 1. The number of amides is 1. The molecule has 0 aliphatic carbocycles. The van der Waals surface area contributed by atoms with E-state index in [9.17, 15) is 13.2 Å². The van der Waals surface area contributed by atoms with E-state index in [4.69, 9.17) is 0 Å². The van der Waals surface area contributed by atoms with E-state index in [2.05, 4.69) is 26.2 Å². The van der Waals surface area contributed by atoms with Crippen molar-refractivity contribution in [2.75, 3.05) is 16.2 Å². The average molecular weight is 500 g/mol. The summed E-state index contributed by atoms with van der Waals surface area (Å²) < 4.78 is 28.1. The molecule has 150 valence electrons. The molecule has 30 heavy (non-hydrogen) atoms. The number of hydrogen-bond acceptors (Lipinski definition) is 5. The number of anilines is 2. The molecule has 1 N–H and O–H groups in total. The standard InChI is InChI=1S/C21H14BrN3O3S2/c22-15-7-1-6-14(10-15)16-12-29-21(23-16)24-19(26)11-25-17-8-2-4-13-5-3-9-18(20(13)17)30(25,27)28/h1-10,12H,11H2,(H,23,24,26). The third-order valence-electron chi connectivity index (χ3n) is 4.84. The van der Waals surface area contributed by atoms with Crippen LogP contribution in [0.25, 0.3) is 22.0 Å². The lowest BCUT2D eigenvalue weighted by atomic mass is 10.1. The summed E-state index contributed by atoms with van der Waals surface area (Å²) in [5.41, 5.74) is 2.18. The first-order chi connectivity index (χ1) is 14.4. The Morgan fingerprint density at radius 2 is 1.87 bits per heavy atom. The van der Waals surface area contributed by atoms with Crippen molar-refractivity contribution in [3.05, 3.63) is 70.5 Å². The monoisotopic (exact) mass is 499 g/mol. The summed E-state index contributed by atoms with van der Waals surface area (Å²) in [6.45, 7) is -0.318. The van der Waals surface area contributed by atoms with Crippen LogP contribution in [0.2, 0.25) is 0 Å². The van der Waals surface area contributed by atoms with Gasteiger partial charge in [-0.3, -0.25) is 9.10 Å². The normalized spacial score (nSPS) is 14.2. The van der Waals surface area contributed by atoms with Crippen LogP contribution >= 0.6 is 27.3 Å². The van der Waals surface area contributed by atoms with Crippen molar-refractivity contribution in [3.63, 3.8) is 0 Å². The van der Waals surface area contributed by atoms with E-state index < -0.39 is 15.9 Å². The minimum absolute atomic E-state index is 0.231. The Morgan fingerprint density at radius 3 is 2.67 bits per heavy atom. The number of halogens is 1. The first kappa shape index (κ1) is 19.2. The Hall–Kier alpha value is -2.75. The molecule has 0 fully saturated rings. The van der Waals surface area contributed by atoms with E-state index >= 15 is 0 Å². The van der Waals surface area contributed by atoms with E-state index in [-0.39, 0.29) is 11.4 Å². The number of carbonyl (C=O) groups excluding carboxylic acids is 1. The summed E-state index contributed by atoms with van der Waals surface area (Å²) in [5, 5.41) is 6.47. The quantitative estimate of drug-likeness (QED) is 0.434. The fourth-order valence-corrected chi connectivity index (χ4v) is 6.33. The van der Waals surface area contributed by atoms with Crippen molar-refractivity contribution in [3.8, 4) is 11.3 Å². The highest BCUT2D eigenvalue weighted by Gasteiger charge is 2.36. The number of benzene rings is 3. The van der Waals surface area contributed by atoms with Gasteiger partial charge in [0.2, 0.25) is 5.91 Å². The molecule has 5 rings (SSSR count). The van der Waals surface area contributed by atoms with Crippen molar-refractivity contribution in [1.29, 1.82) is 0 Å². The van der Waals surface area contributed by atoms with Crippen LogP contribution in [0.3, 0.4) is 0 Å². The molecule has 0 bridgehead atoms. The second-order valence-corrected chi connectivity index (χ2v) is 10.3. The van der Waals surface area contributed by atoms with Gasteiger partial charge in [-0.2, -0.15) is 0 Å². The number of carbonyl (C=O) groups is 1. The van der Waals surface area contributed by atoms with Crippen LogP contribution in [0.1, 0.15) is 0 Å². The van der Waals surface area contributed by atoms with Crippen molar-refractivity contribution < 1.29 is 13.2 Å². The summed E-state index contributed by atoms with van der Waals surface area (Å²) in [4.78, 5) is 17.3. The van der Waals surface area contributed by atoms with Gasteiger partial charge >= 0.3 is 0 Å². The first-order valence-corrected chi connectivity index (χ1v) is 12.1. The van der Waals surface area contributed by atoms with Crippen molar-refractivity contribution in [1.82, 2.24) is 4.98 Å². The third-order valence-corrected chi connectivity index (χ3v) is 7.89. The zero-order chi connectivity index (χ0) is 20.9. The van der Waals surface area contributed by atoms with Crippen LogP contribution in [0, 0.1) is 0 Å². The molecule has 0 unspecified atom stereocenters. The van der Waals surface area contributed by atoms with Crippen LogP contribution in [0.4, 0.5) is 10.8 Å². The van der Waals surface area contributed by atoms with Crippen molar-refractivity contribution in [2.24, 2.45) is 0 Å². The Morgan fingerprint density at radius 1 is 1.10 bits per heavy atom. The van der Waals surface area contributed by atoms with Gasteiger partial charge in [0.15, 0.2) is 5.13 Å². The molecule has 9 heteroatoms. The molecule has 3 aromatic carbocycles. The highest BCUT2D eigenvalue weighted by molar-refractivity contribution is 9.10. The highest BCUT2D eigenvalue weighted by Crippen LogP contribution is 2.41. The number of nitrogens with one attached hydrogen (secondary N) is 1. The maximum atomic E-state index is 13.0. The van der Waals surface area contributed by atoms with Crippen LogP contribution in [0.15, 0.2) is 75.4 Å². The maximum absolute atomic E-state index is 13.0. The van der Waals surface area contributed by atoms with Crippen LogP contribution in [-0.2, 0) is 14.8 Å². The summed E-state index contributed by atoms with van der Waals surface area (Å²) in [7, 11) is -3.78. The molecule has 0 spiro atoms. The fourth-order valence-electron chi connectivity index (χ4n) is 3.53. The van der Waals surface area contributed by atoms with Crippen molar-refractivity contribution >= 4 is 64.8 Å². The first-order valence-electron chi connectivity index (χ1n) is 8.99. The average Bonchev–Trinajstić information content (AvgIpc) is 3.27. The molecular formula is C21H14BrN3O3S2. The van der Waals surface area contributed by atoms with Crippen LogP contribution in [0.5, 0.6) is 0 Å². The zero-order valence-corrected chi connectivity index (χ0v) is 18.6. The molecule has 0 saturated carbocycles. The van der Waals surface area contributed by atoms with Gasteiger partial charge in [0, 0.05) is 20.8 Å². The van der Waals surface area contributed by atoms with E-state index in [0.29, 0.717) is 16.2 Å². The van der Waals surface area contributed by atoms with Gasteiger partial charge in [-0.05, 0) is 29.7 Å². The summed E-state index contributed by atoms with van der Waals surface area (Å²) in [6, 6.07) is 18.2. The smallest absolute Gasteiger partial charge is 0.265 e.